The summed E-state index contributed by atoms with van der Waals surface area (Å²) in [6, 6.07) is 34.8. The van der Waals surface area contributed by atoms with Gasteiger partial charge in [0.25, 0.3) is 0 Å². The van der Waals surface area contributed by atoms with Crippen LogP contribution in [0.15, 0.2) is 109 Å². The molecule has 7 aromatic rings. The number of phenolic OH excluding ortho intramolecular Hbond substituents is 1. The summed E-state index contributed by atoms with van der Waals surface area (Å²) >= 11 is 0. The second-order valence-electron chi connectivity index (χ2n) is 12.0. The molecule has 0 radical (unpaired) electrons. The molecule has 1 aliphatic carbocycles. The summed E-state index contributed by atoms with van der Waals surface area (Å²) in [6.45, 7) is 0. The molecule has 7 nitrogen and oxygen atoms in total. The van der Waals surface area contributed by atoms with Gasteiger partial charge in [-0.25, -0.2) is 14.8 Å². The number of nitrogens with zero attached hydrogens (tertiary/aromatic N) is 3. The van der Waals surface area contributed by atoms with Crippen LogP contribution in [0.3, 0.4) is 0 Å². The number of rotatable bonds is 6. The minimum Gasteiger partial charge on any atom is -0.508 e. The number of phenols is 1. The molecule has 0 saturated heterocycles. The molecular formula is C39H31N3O4. The predicted molar refractivity (Wildman–Crippen MR) is 181 cm³/mol. The average Bonchev–Trinajstić information content (AvgIpc) is 3.47. The summed E-state index contributed by atoms with van der Waals surface area (Å²) in [4.78, 5) is 21.9. The Morgan fingerprint density at radius 1 is 0.739 bits per heavy atom. The van der Waals surface area contributed by atoms with Gasteiger partial charge in [0.2, 0.25) is 0 Å². The molecule has 226 valence electrons. The molecule has 0 spiro atoms. The van der Waals surface area contributed by atoms with Crippen LogP contribution in [-0.4, -0.2) is 30.7 Å². The molecule has 1 saturated carbocycles. The van der Waals surface area contributed by atoms with Gasteiger partial charge in [0.15, 0.2) is 0 Å². The molecule has 5 aromatic carbocycles. The van der Waals surface area contributed by atoms with Gasteiger partial charge >= 0.3 is 5.97 Å². The van der Waals surface area contributed by atoms with E-state index in [0.717, 1.165) is 75.5 Å². The average molecular weight is 606 g/mol. The van der Waals surface area contributed by atoms with Crippen molar-refractivity contribution < 1.29 is 19.7 Å². The number of carbonyl (C=O) groups is 1. The van der Waals surface area contributed by atoms with Gasteiger partial charge in [-0.2, -0.15) is 0 Å². The van der Waals surface area contributed by atoms with Crippen molar-refractivity contribution in [3.05, 3.63) is 115 Å². The third kappa shape index (κ3) is 5.09. The van der Waals surface area contributed by atoms with Crippen molar-refractivity contribution in [2.75, 3.05) is 0 Å². The second kappa shape index (κ2) is 11.3. The van der Waals surface area contributed by atoms with Crippen molar-refractivity contribution in [2.45, 2.75) is 38.1 Å². The van der Waals surface area contributed by atoms with E-state index in [1.54, 1.807) is 24.3 Å². The molecule has 7 heteroatoms. The number of fused-ring (bicyclic) bond motifs is 3. The molecule has 1 fully saturated rings. The van der Waals surface area contributed by atoms with E-state index >= 15 is 0 Å². The van der Waals surface area contributed by atoms with E-state index in [1.807, 2.05) is 78.9 Å². The van der Waals surface area contributed by atoms with Crippen LogP contribution in [0.25, 0.3) is 55.4 Å². The molecule has 0 aliphatic heterocycles. The molecule has 0 unspecified atom stereocenters. The first-order valence-electron chi connectivity index (χ1n) is 15.7. The van der Waals surface area contributed by atoms with Gasteiger partial charge < -0.3 is 19.5 Å². The number of carboxylic acids is 1. The fraction of sp³-hybridized carbons (Fsp3) is 0.154. The molecule has 0 amide bonds. The van der Waals surface area contributed by atoms with Crippen LogP contribution in [0.1, 0.15) is 48.5 Å². The van der Waals surface area contributed by atoms with Crippen molar-refractivity contribution in [3.63, 3.8) is 0 Å². The lowest BCUT2D eigenvalue weighted by Gasteiger charge is -2.25. The van der Waals surface area contributed by atoms with Crippen LogP contribution in [0, 0.1) is 0 Å². The highest BCUT2D eigenvalue weighted by atomic mass is 16.5. The maximum absolute atomic E-state index is 11.8. The summed E-state index contributed by atoms with van der Waals surface area (Å²) in [5, 5.41) is 22.5. The van der Waals surface area contributed by atoms with E-state index in [0.29, 0.717) is 17.0 Å². The smallest absolute Gasteiger partial charge is 0.335 e. The third-order valence-electron chi connectivity index (χ3n) is 9.00. The number of pyridine rings is 1. The zero-order valence-corrected chi connectivity index (χ0v) is 25.1. The van der Waals surface area contributed by atoms with Gasteiger partial charge in [-0.3, -0.25) is 0 Å². The number of aromatic hydroxyl groups is 1. The van der Waals surface area contributed by atoms with Gasteiger partial charge in [-0.1, -0.05) is 61.7 Å². The number of benzene rings is 5. The fourth-order valence-corrected chi connectivity index (χ4v) is 6.72. The van der Waals surface area contributed by atoms with E-state index in [9.17, 15) is 15.0 Å². The molecule has 46 heavy (non-hydrogen) atoms. The summed E-state index contributed by atoms with van der Waals surface area (Å²) in [5.74, 6) is 1.34. The lowest BCUT2D eigenvalue weighted by molar-refractivity contribution is 0.0697. The molecule has 2 aromatic heterocycles. The monoisotopic (exact) mass is 605 g/mol. The number of ether oxygens (including phenoxy) is 1. The van der Waals surface area contributed by atoms with Crippen LogP contribution in [0.4, 0.5) is 0 Å². The molecule has 0 atom stereocenters. The molecule has 2 N–H and O–H groups in total. The van der Waals surface area contributed by atoms with Crippen LogP contribution < -0.4 is 4.74 Å². The number of hydrogen-bond acceptors (Lipinski definition) is 5. The van der Waals surface area contributed by atoms with E-state index < -0.39 is 5.97 Å². The zero-order chi connectivity index (χ0) is 31.2. The number of imidazole rings is 1. The maximum Gasteiger partial charge on any atom is 0.335 e. The predicted octanol–water partition coefficient (Wildman–Crippen LogP) is 9.77. The quantitative estimate of drug-likeness (QED) is 0.196. The highest BCUT2D eigenvalue weighted by Gasteiger charge is 2.24. The van der Waals surface area contributed by atoms with Crippen molar-refractivity contribution in [1.29, 1.82) is 0 Å². The van der Waals surface area contributed by atoms with Crippen LogP contribution in [0.2, 0.25) is 0 Å². The normalized spacial score (nSPS) is 13.8. The third-order valence-corrected chi connectivity index (χ3v) is 9.00. The number of hydrogen-bond donors (Lipinski definition) is 2. The molecule has 8 rings (SSSR count). The number of aromatic carboxylic acids is 1. The van der Waals surface area contributed by atoms with Gasteiger partial charge in [0, 0.05) is 28.6 Å². The highest BCUT2D eigenvalue weighted by molar-refractivity contribution is 5.95. The molecular weight excluding hydrogens is 574 g/mol. The fourth-order valence-electron chi connectivity index (χ4n) is 6.72. The van der Waals surface area contributed by atoms with Gasteiger partial charge in [0.05, 0.1) is 27.8 Å². The Morgan fingerprint density at radius 2 is 1.57 bits per heavy atom. The largest absolute Gasteiger partial charge is 0.508 e. The standard InChI is InChI=1S/C39H31N3O4/c43-30-15-11-24-12-16-31(20-28(24)19-30)46-37-23-34(25-7-3-1-4-8-25)40-33-17-13-26(21-32(33)37)38-41-35-22-27(39(44)45)14-18-36(35)42(38)29-9-5-2-6-10-29/h1,3-4,7-8,11-23,29,43H,2,5-6,9-10H2,(H,44,45). The van der Waals surface area contributed by atoms with Crippen molar-refractivity contribution in [1.82, 2.24) is 14.5 Å². The Bertz CT molecular complexity index is 2270. The van der Waals surface area contributed by atoms with Crippen LogP contribution in [0.5, 0.6) is 17.2 Å². The molecule has 2 heterocycles. The van der Waals surface area contributed by atoms with E-state index in [-0.39, 0.29) is 17.4 Å². The van der Waals surface area contributed by atoms with Crippen LogP contribution in [-0.2, 0) is 0 Å². The zero-order valence-electron chi connectivity index (χ0n) is 25.1. The molecule has 0 bridgehead atoms. The summed E-state index contributed by atoms with van der Waals surface area (Å²) in [5.41, 5.74) is 5.32. The Labute approximate surface area is 265 Å². The van der Waals surface area contributed by atoms with Gasteiger partial charge in [-0.05, 0) is 84.3 Å². The lowest BCUT2D eigenvalue weighted by Crippen LogP contribution is -2.14. The Hall–Kier alpha value is -5.69. The Kier molecular flexibility index (Phi) is 6.86. The lowest BCUT2D eigenvalue weighted by atomic mass is 9.94. The minimum absolute atomic E-state index is 0.200. The van der Waals surface area contributed by atoms with E-state index in [4.69, 9.17) is 14.7 Å². The first-order chi connectivity index (χ1) is 22.5. The first kappa shape index (κ1) is 27.8. The first-order valence-corrected chi connectivity index (χ1v) is 15.7. The van der Waals surface area contributed by atoms with E-state index in [2.05, 4.69) is 10.6 Å². The Morgan fingerprint density at radius 3 is 2.39 bits per heavy atom. The maximum atomic E-state index is 11.8. The van der Waals surface area contributed by atoms with Crippen molar-refractivity contribution in [2.24, 2.45) is 0 Å². The van der Waals surface area contributed by atoms with E-state index in [1.165, 1.54) is 6.42 Å². The summed E-state index contributed by atoms with van der Waals surface area (Å²) < 4.78 is 8.94. The summed E-state index contributed by atoms with van der Waals surface area (Å²) in [7, 11) is 0. The molecule has 1 aliphatic rings. The Balaban J connectivity index is 1.31. The summed E-state index contributed by atoms with van der Waals surface area (Å²) in [6.07, 6.45) is 5.65. The minimum atomic E-state index is -0.965. The van der Waals surface area contributed by atoms with Crippen LogP contribution >= 0.6 is 0 Å². The highest BCUT2D eigenvalue weighted by Crippen LogP contribution is 2.40. The number of aromatic nitrogens is 3. The SMILES string of the molecule is O=C(O)c1ccc2c(c1)nc(-c1ccc3nc(-c4ccccc4)cc(Oc4ccc5ccc(O)cc5c4)c3c1)n2C1CCCCC1. The second-order valence-corrected chi connectivity index (χ2v) is 12.0. The number of carboxylic acid groups (broad SMARTS) is 1. The van der Waals surface area contributed by atoms with Gasteiger partial charge in [-0.15, -0.1) is 0 Å². The van der Waals surface area contributed by atoms with Gasteiger partial charge in [0.1, 0.15) is 23.1 Å². The topological polar surface area (TPSA) is 97.5 Å². The van der Waals surface area contributed by atoms with Crippen molar-refractivity contribution >= 4 is 38.7 Å². The van der Waals surface area contributed by atoms with Crippen molar-refractivity contribution in [3.8, 4) is 39.9 Å².